The molecule has 0 radical (unpaired) electrons. The number of nitrogens with zero attached hydrogens (tertiary/aromatic N) is 3. The zero-order chi connectivity index (χ0) is 12.7. The van der Waals surface area contributed by atoms with E-state index in [9.17, 15) is 0 Å². The summed E-state index contributed by atoms with van der Waals surface area (Å²) in [5, 5.41) is 17.5. The van der Waals surface area contributed by atoms with Crippen LogP contribution in [0.3, 0.4) is 0 Å². The Morgan fingerprint density at radius 2 is 2.24 bits per heavy atom. The summed E-state index contributed by atoms with van der Waals surface area (Å²) in [6, 6.07) is 3.65. The summed E-state index contributed by atoms with van der Waals surface area (Å²) >= 11 is 0. The van der Waals surface area contributed by atoms with E-state index >= 15 is 0 Å². The third-order valence-electron chi connectivity index (χ3n) is 2.60. The summed E-state index contributed by atoms with van der Waals surface area (Å²) in [4.78, 5) is 6.12. The first-order chi connectivity index (χ1) is 8.20. The maximum Gasteiger partial charge on any atom is 0.152 e. The van der Waals surface area contributed by atoms with Crippen LogP contribution in [0, 0.1) is 11.3 Å². The van der Waals surface area contributed by atoms with E-state index < -0.39 is 0 Å². The van der Waals surface area contributed by atoms with Gasteiger partial charge in [-0.15, -0.1) is 0 Å². The summed E-state index contributed by atoms with van der Waals surface area (Å²) in [5.41, 5.74) is 6.74. The monoisotopic (exact) mass is 234 g/mol. The Labute approximate surface area is 101 Å². The van der Waals surface area contributed by atoms with Crippen LogP contribution >= 0.6 is 0 Å². The number of rotatable bonds is 6. The Morgan fingerprint density at radius 1 is 1.47 bits per heavy atom. The zero-order valence-electron chi connectivity index (χ0n) is 10.1. The fourth-order valence-electron chi connectivity index (χ4n) is 1.61. The molecule has 3 N–H and O–H groups in total. The molecule has 0 bridgehead atoms. The molecule has 0 fully saturated rings. The van der Waals surface area contributed by atoms with Gasteiger partial charge in [-0.3, -0.25) is 0 Å². The molecule has 0 aromatic carbocycles. The van der Waals surface area contributed by atoms with Gasteiger partial charge in [-0.25, -0.2) is 4.98 Å². The molecule has 0 unspecified atom stereocenters. The van der Waals surface area contributed by atoms with Gasteiger partial charge in [-0.05, 0) is 25.3 Å². The van der Waals surface area contributed by atoms with Crippen molar-refractivity contribution in [1.29, 1.82) is 5.26 Å². The number of nitrogens with two attached hydrogens (primary N) is 1. The Hall–Kier alpha value is -1.80. The van der Waals surface area contributed by atoms with Gasteiger partial charge in [0, 0.05) is 26.4 Å². The summed E-state index contributed by atoms with van der Waals surface area (Å²) < 4.78 is 0. The van der Waals surface area contributed by atoms with Crippen LogP contribution in [0.2, 0.25) is 0 Å². The minimum absolute atomic E-state index is 0.230. The Morgan fingerprint density at radius 3 is 2.88 bits per heavy atom. The lowest BCUT2D eigenvalue weighted by Gasteiger charge is -2.19. The Bertz CT molecular complexity index is 400. The highest BCUT2D eigenvalue weighted by molar-refractivity contribution is 5.69. The molecule has 5 heteroatoms. The van der Waals surface area contributed by atoms with Crippen molar-refractivity contribution in [3.8, 4) is 6.07 Å². The maximum atomic E-state index is 8.87. The smallest absolute Gasteiger partial charge is 0.152 e. The highest BCUT2D eigenvalue weighted by Crippen LogP contribution is 2.22. The molecule has 0 aliphatic heterocycles. The van der Waals surface area contributed by atoms with Crippen molar-refractivity contribution in [3.05, 3.63) is 17.8 Å². The molecule has 5 nitrogen and oxygen atoms in total. The average molecular weight is 234 g/mol. The van der Waals surface area contributed by atoms with Gasteiger partial charge < -0.3 is 15.7 Å². The number of aromatic nitrogens is 1. The second-order valence-corrected chi connectivity index (χ2v) is 3.91. The molecule has 0 aliphatic rings. The lowest BCUT2D eigenvalue weighted by atomic mass is 10.2. The molecule has 0 saturated heterocycles. The second-order valence-electron chi connectivity index (χ2n) is 3.91. The Balaban J connectivity index is 2.63. The van der Waals surface area contributed by atoms with Gasteiger partial charge in [0.15, 0.2) is 5.82 Å². The molecule has 0 aliphatic carbocycles. The summed E-state index contributed by atoms with van der Waals surface area (Å²) in [6.07, 6.45) is 4.34. The van der Waals surface area contributed by atoms with Crippen molar-refractivity contribution >= 4 is 11.5 Å². The quantitative estimate of drug-likeness (QED) is 0.721. The first kappa shape index (κ1) is 13.3. The van der Waals surface area contributed by atoms with E-state index in [-0.39, 0.29) is 6.61 Å². The van der Waals surface area contributed by atoms with Gasteiger partial charge in [-0.1, -0.05) is 0 Å². The van der Waals surface area contributed by atoms with Crippen molar-refractivity contribution in [3.63, 3.8) is 0 Å². The lowest BCUT2D eigenvalue weighted by Crippen LogP contribution is -2.21. The van der Waals surface area contributed by atoms with Gasteiger partial charge in [0.05, 0.1) is 11.3 Å². The van der Waals surface area contributed by atoms with E-state index in [1.807, 2.05) is 18.0 Å². The predicted octanol–water partition coefficient (Wildman–Crippen LogP) is 1.13. The summed E-state index contributed by atoms with van der Waals surface area (Å²) in [6.45, 7) is 1.04. The van der Waals surface area contributed by atoms with Crippen LogP contribution in [0.15, 0.2) is 12.3 Å². The van der Waals surface area contributed by atoms with Crippen molar-refractivity contribution < 1.29 is 5.11 Å². The number of hydrogen-bond acceptors (Lipinski definition) is 5. The van der Waals surface area contributed by atoms with Crippen LogP contribution in [0.1, 0.15) is 24.8 Å². The topological polar surface area (TPSA) is 86.2 Å². The third kappa shape index (κ3) is 3.61. The van der Waals surface area contributed by atoms with Crippen LogP contribution < -0.4 is 10.6 Å². The molecule has 1 rings (SSSR count). The van der Waals surface area contributed by atoms with Crippen molar-refractivity contribution in [2.24, 2.45) is 0 Å². The lowest BCUT2D eigenvalue weighted by molar-refractivity contribution is 0.283. The van der Waals surface area contributed by atoms with E-state index in [1.54, 1.807) is 12.3 Å². The average Bonchev–Trinajstić information content (AvgIpc) is 2.34. The molecule has 0 spiro atoms. The molecule has 1 aromatic heterocycles. The number of aliphatic hydroxyl groups excluding tert-OH is 1. The van der Waals surface area contributed by atoms with Crippen molar-refractivity contribution in [2.75, 3.05) is 30.8 Å². The fourth-order valence-corrected chi connectivity index (χ4v) is 1.61. The van der Waals surface area contributed by atoms with Crippen molar-refractivity contribution in [1.82, 2.24) is 4.98 Å². The maximum absolute atomic E-state index is 8.87. The standard InChI is InChI=1S/C12H18N4O/c1-16(7-3-2-4-8-17)12-11(14)10(9-13)5-6-15-12/h5-6,17H,2-4,7-8,14H2,1H3. The number of nitrogen functional groups attached to an aromatic ring is 1. The molecule has 1 aromatic rings. The minimum atomic E-state index is 0.230. The van der Waals surface area contributed by atoms with Crippen LogP contribution in [0.25, 0.3) is 0 Å². The second kappa shape index (κ2) is 6.71. The van der Waals surface area contributed by atoms with Crippen LogP contribution in [-0.2, 0) is 0 Å². The number of anilines is 2. The van der Waals surface area contributed by atoms with E-state index in [1.165, 1.54) is 0 Å². The van der Waals surface area contributed by atoms with E-state index in [0.29, 0.717) is 17.1 Å². The van der Waals surface area contributed by atoms with Gasteiger partial charge in [-0.2, -0.15) is 5.26 Å². The summed E-state index contributed by atoms with van der Waals surface area (Å²) in [5.74, 6) is 0.646. The van der Waals surface area contributed by atoms with Gasteiger partial charge in [0.1, 0.15) is 6.07 Å². The van der Waals surface area contributed by atoms with E-state index in [0.717, 1.165) is 25.8 Å². The van der Waals surface area contributed by atoms with Crippen LogP contribution in [0.4, 0.5) is 11.5 Å². The molecule has 0 atom stereocenters. The first-order valence-electron chi connectivity index (χ1n) is 5.67. The van der Waals surface area contributed by atoms with Gasteiger partial charge in [0.25, 0.3) is 0 Å². The van der Waals surface area contributed by atoms with Crippen LogP contribution in [0.5, 0.6) is 0 Å². The molecule has 0 amide bonds. The van der Waals surface area contributed by atoms with Gasteiger partial charge >= 0.3 is 0 Å². The number of unbranched alkanes of at least 4 members (excludes halogenated alkanes) is 2. The molecule has 17 heavy (non-hydrogen) atoms. The Kier molecular flexibility index (Phi) is 5.24. The van der Waals surface area contributed by atoms with E-state index in [4.69, 9.17) is 16.1 Å². The van der Waals surface area contributed by atoms with Crippen LogP contribution in [-0.4, -0.2) is 30.3 Å². The van der Waals surface area contributed by atoms with Gasteiger partial charge in [0.2, 0.25) is 0 Å². The number of pyridine rings is 1. The zero-order valence-corrected chi connectivity index (χ0v) is 10.1. The molecule has 1 heterocycles. The predicted molar refractivity (Wildman–Crippen MR) is 67.6 cm³/mol. The molecule has 92 valence electrons. The molecular weight excluding hydrogens is 216 g/mol. The normalized spacial score (nSPS) is 9.94. The molecular formula is C12H18N4O. The highest BCUT2D eigenvalue weighted by Gasteiger charge is 2.09. The highest BCUT2D eigenvalue weighted by atomic mass is 16.2. The number of hydrogen-bond donors (Lipinski definition) is 2. The number of nitriles is 1. The number of aliphatic hydroxyl groups is 1. The summed E-state index contributed by atoms with van der Waals surface area (Å²) in [7, 11) is 1.90. The SMILES string of the molecule is CN(CCCCCO)c1nccc(C#N)c1N. The minimum Gasteiger partial charge on any atom is -0.396 e. The third-order valence-corrected chi connectivity index (χ3v) is 2.60. The van der Waals surface area contributed by atoms with Crippen molar-refractivity contribution in [2.45, 2.75) is 19.3 Å². The first-order valence-corrected chi connectivity index (χ1v) is 5.67. The molecule has 0 saturated carbocycles. The largest absolute Gasteiger partial charge is 0.396 e. The fraction of sp³-hybridized carbons (Fsp3) is 0.500. The van der Waals surface area contributed by atoms with E-state index in [2.05, 4.69) is 4.98 Å².